The van der Waals surface area contributed by atoms with Crippen LogP contribution < -0.4 is 10.6 Å². The summed E-state index contributed by atoms with van der Waals surface area (Å²) in [7, 11) is 1.59. The molecule has 5 nitrogen and oxygen atoms in total. The summed E-state index contributed by atoms with van der Waals surface area (Å²) in [4.78, 5) is 11.7. The van der Waals surface area contributed by atoms with Crippen molar-refractivity contribution in [3.8, 4) is 12.1 Å². The molecule has 1 rings (SSSR count). The minimum absolute atomic E-state index is 0.0553. The minimum atomic E-state index is -0.551. The van der Waals surface area contributed by atoms with Crippen molar-refractivity contribution in [2.24, 2.45) is 0 Å². The number of para-hydroxylation sites is 1. The fraction of sp³-hybridized carbons (Fsp3) is 0.0833. The Balaban J connectivity index is 2.93. The van der Waals surface area contributed by atoms with Crippen LogP contribution in [0, 0.1) is 22.7 Å². The number of carbonyl (C=O) groups excluding carboxylic acids is 1. The monoisotopic (exact) mass is 226 g/mol. The predicted octanol–water partition coefficient (Wildman–Crippen LogP) is 1.12. The van der Waals surface area contributed by atoms with Crippen LogP contribution in [0.25, 0.3) is 0 Å². The van der Waals surface area contributed by atoms with Crippen LogP contribution >= 0.6 is 0 Å². The average molecular weight is 226 g/mol. The minimum Gasteiger partial charge on any atom is -0.393 e. The van der Waals surface area contributed by atoms with E-state index in [1.165, 1.54) is 6.20 Å². The smallest absolute Gasteiger partial charge is 0.267 e. The number of nitrogens with zero attached hydrogens (tertiary/aromatic N) is 2. The highest BCUT2D eigenvalue weighted by Gasteiger charge is 2.10. The number of hydrogen-bond donors (Lipinski definition) is 2. The van der Waals surface area contributed by atoms with Crippen LogP contribution in [0.15, 0.2) is 36.0 Å². The Morgan fingerprint density at radius 3 is 2.65 bits per heavy atom. The van der Waals surface area contributed by atoms with Crippen LogP contribution in [0.1, 0.15) is 5.56 Å². The van der Waals surface area contributed by atoms with Crippen molar-refractivity contribution in [2.45, 2.75) is 0 Å². The lowest BCUT2D eigenvalue weighted by Gasteiger charge is -2.05. The van der Waals surface area contributed by atoms with E-state index in [0.717, 1.165) is 0 Å². The summed E-state index contributed by atoms with van der Waals surface area (Å²) in [5.41, 5.74) is 0.681. The molecule has 17 heavy (non-hydrogen) atoms. The first-order valence-electron chi connectivity index (χ1n) is 4.81. The zero-order valence-corrected chi connectivity index (χ0v) is 9.19. The highest BCUT2D eigenvalue weighted by molar-refractivity contribution is 6.07. The van der Waals surface area contributed by atoms with E-state index in [9.17, 15) is 4.79 Å². The van der Waals surface area contributed by atoms with Crippen molar-refractivity contribution in [1.29, 1.82) is 10.5 Å². The molecule has 0 aliphatic carbocycles. The van der Waals surface area contributed by atoms with E-state index in [1.807, 2.05) is 6.07 Å². The third kappa shape index (κ3) is 3.08. The first-order chi connectivity index (χ1) is 8.22. The van der Waals surface area contributed by atoms with Gasteiger partial charge in [0.2, 0.25) is 0 Å². The molecule has 84 valence electrons. The van der Waals surface area contributed by atoms with E-state index in [0.29, 0.717) is 11.3 Å². The Kier molecular flexibility index (Phi) is 4.29. The van der Waals surface area contributed by atoms with Gasteiger partial charge in [0.05, 0.1) is 11.3 Å². The van der Waals surface area contributed by atoms with E-state index in [4.69, 9.17) is 10.5 Å². The summed E-state index contributed by atoms with van der Waals surface area (Å²) in [6.07, 6.45) is 1.30. The summed E-state index contributed by atoms with van der Waals surface area (Å²) in [5.74, 6) is -0.551. The number of amides is 1. The third-order valence-electron chi connectivity index (χ3n) is 1.95. The molecule has 0 fully saturated rings. The van der Waals surface area contributed by atoms with Gasteiger partial charge in [0.1, 0.15) is 17.7 Å². The van der Waals surface area contributed by atoms with Crippen LogP contribution in [-0.4, -0.2) is 13.0 Å². The second-order valence-corrected chi connectivity index (χ2v) is 3.07. The second kappa shape index (κ2) is 5.94. The Hall–Kier alpha value is -2.79. The number of rotatable bonds is 3. The largest absolute Gasteiger partial charge is 0.393 e. The molecular weight excluding hydrogens is 216 g/mol. The number of carbonyl (C=O) groups is 1. The van der Waals surface area contributed by atoms with Crippen LogP contribution in [0.3, 0.4) is 0 Å². The zero-order chi connectivity index (χ0) is 12.7. The van der Waals surface area contributed by atoms with Crippen molar-refractivity contribution < 1.29 is 4.79 Å². The van der Waals surface area contributed by atoms with Gasteiger partial charge in [0.25, 0.3) is 5.91 Å². The van der Waals surface area contributed by atoms with Crippen molar-refractivity contribution >= 4 is 11.6 Å². The van der Waals surface area contributed by atoms with E-state index in [-0.39, 0.29) is 5.57 Å². The lowest BCUT2D eigenvalue weighted by molar-refractivity contribution is -0.112. The molecule has 0 heterocycles. The Bertz CT molecular complexity index is 534. The predicted molar refractivity (Wildman–Crippen MR) is 62.5 cm³/mol. The quantitative estimate of drug-likeness (QED) is 0.597. The molecule has 0 saturated heterocycles. The van der Waals surface area contributed by atoms with Crippen molar-refractivity contribution in [1.82, 2.24) is 5.32 Å². The molecule has 0 spiro atoms. The van der Waals surface area contributed by atoms with Crippen molar-refractivity contribution in [2.75, 3.05) is 12.4 Å². The summed E-state index contributed by atoms with van der Waals surface area (Å²) >= 11 is 0. The van der Waals surface area contributed by atoms with Crippen LogP contribution in [-0.2, 0) is 4.79 Å². The highest BCUT2D eigenvalue weighted by atomic mass is 16.1. The molecule has 0 atom stereocenters. The maximum absolute atomic E-state index is 11.7. The van der Waals surface area contributed by atoms with Gasteiger partial charge >= 0.3 is 0 Å². The standard InChI is InChI=1S/C12H10N4O/c1-15-8-10(7-14)12(17)16-11-5-3-2-4-9(11)6-13/h2-5,8,15H,1H3,(H,16,17)/b10-8-. The van der Waals surface area contributed by atoms with Gasteiger partial charge in [-0.1, -0.05) is 12.1 Å². The first kappa shape index (κ1) is 12.3. The number of benzene rings is 1. The number of hydrogen-bond acceptors (Lipinski definition) is 4. The summed E-state index contributed by atoms with van der Waals surface area (Å²) < 4.78 is 0. The molecule has 0 saturated carbocycles. The molecular formula is C12H10N4O. The van der Waals surface area contributed by atoms with Gasteiger partial charge in [-0.2, -0.15) is 10.5 Å². The van der Waals surface area contributed by atoms with E-state index < -0.39 is 5.91 Å². The van der Waals surface area contributed by atoms with Crippen LogP contribution in [0.4, 0.5) is 5.69 Å². The van der Waals surface area contributed by atoms with Gasteiger partial charge < -0.3 is 10.6 Å². The summed E-state index contributed by atoms with van der Waals surface area (Å²) in [6, 6.07) is 10.3. The molecule has 0 aromatic heterocycles. The normalized spacial score (nSPS) is 9.94. The number of nitrogens with one attached hydrogen (secondary N) is 2. The van der Waals surface area contributed by atoms with Gasteiger partial charge in [-0.25, -0.2) is 0 Å². The SMILES string of the molecule is CN/C=C(/C#N)C(=O)Nc1ccccc1C#N. The lowest BCUT2D eigenvalue weighted by Crippen LogP contribution is -2.16. The average Bonchev–Trinajstić information content (AvgIpc) is 2.36. The molecule has 0 bridgehead atoms. The van der Waals surface area contributed by atoms with Crippen LogP contribution in [0.5, 0.6) is 0 Å². The summed E-state index contributed by atoms with van der Waals surface area (Å²) in [5, 5.41) is 22.7. The van der Waals surface area contributed by atoms with E-state index in [1.54, 1.807) is 37.4 Å². The fourth-order valence-electron chi connectivity index (χ4n) is 1.17. The van der Waals surface area contributed by atoms with Crippen molar-refractivity contribution in [3.05, 3.63) is 41.6 Å². The number of nitriles is 2. The highest BCUT2D eigenvalue weighted by Crippen LogP contribution is 2.14. The maximum atomic E-state index is 11.7. The molecule has 0 radical (unpaired) electrons. The molecule has 1 amide bonds. The molecule has 0 unspecified atom stereocenters. The second-order valence-electron chi connectivity index (χ2n) is 3.07. The zero-order valence-electron chi connectivity index (χ0n) is 9.19. The third-order valence-corrected chi connectivity index (χ3v) is 1.95. The van der Waals surface area contributed by atoms with Gasteiger partial charge in [0.15, 0.2) is 0 Å². The maximum Gasteiger partial charge on any atom is 0.267 e. The Morgan fingerprint density at radius 1 is 1.35 bits per heavy atom. The molecule has 1 aromatic carbocycles. The van der Waals surface area contributed by atoms with E-state index >= 15 is 0 Å². The molecule has 0 aliphatic rings. The number of anilines is 1. The summed E-state index contributed by atoms with van der Waals surface area (Å²) in [6.45, 7) is 0. The van der Waals surface area contributed by atoms with Gasteiger partial charge in [-0.15, -0.1) is 0 Å². The van der Waals surface area contributed by atoms with Crippen LogP contribution in [0.2, 0.25) is 0 Å². The molecule has 2 N–H and O–H groups in total. The van der Waals surface area contributed by atoms with E-state index in [2.05, 4.69) is 10.6 Å². The van der Waals surface area contributed by atoms with Gasteiger partial charge in [-0.3, -0.25) is 4.79 Å². The Morgan fingerprint density at radius 2 is 2.06 bits per heavy atom. The molecule has 0 aliphatic heterocycles. The fourth-order valence-corrected chi connectivity index (χ4v) is 1.17. The van der Waals surface area contributed by atoms with Gasteiger partial charge in [-0.05, 0) is 12.1 Å². The lowest BCUT2D eigenvalue weighted by atomic mass is 10.2. The van der Waals surface area contributed by atoms with Gasteiger partial charge in [0, 0.05) is 13.2 Å². The van der Waals surface area contributed by atoms with Crippen molar-refractivity contribution in [3.63, 3.8) is 0 Å². The molecule has 1 aromatic rings. The molecule has 5 heteroatoms. The Labute approximate surface area is 99.0 Å². The topological polar surface area (TPSA) is 88.7 Å². The first-order valence-corrected chi connectivity index (χ1v) is 4.81.